The van der Waals surface area contributed by atoms with Gasteiger partial charge in [-0.2, -0.15) is 0 Å². The average Bonchev–Trinajstić information content (AvgIpc) is 3.10. The van der Waals surface area contributed by atoms with Gasteiger partial charge in [-0.3, -0.25) is 4.79 Å². The molecule has 6 heteroatoms. The molecule has 0 aromatic rings. The molecule has 1 saturated carbocycles. The van der Waals surface area contributed by atoms with E-state index in [9.17, 15) is 9.59 Å². The van der Waals surface area contributed by atoms with E-state index in [1.807, 2.05) is 0 Å². The molecule has 2 aliphatic rings. The first-order chi connectivity index (χ1) is 9.61. The van der Waals surface area contributed by atoms with Crippen molar-refractivity contribution in [1.82, 2.24) is 9.80 Å². The van der Waals surface area contributed by atoms with Gasteiger partial charge in [-0.1, -0.05) is 0 Å². The normalized spacial score (nSPS) is 22.1. The minimum atomic E-state index is -0.954. The molecule has 6 nitrogen and oxygen atoms in total. The van der Waals surface area contributed by atoms with Crippen molar-refractivity contribution in [2.45, 2.75) is 44.6 Å². The molecular formula is C14H24N2O4. The molecule has 1 atom stereocenters. The number of aliphatic hydroxyl groups is 1. The fourth-order valence-corrected chi connectivity index (χ4v) is 2.88. The zero-order valence-corrected chi connectivity index (χ0v) is 11.8. The lowest BCUT2D eigenvalue weighted by molar-refractivity contribution is -0.137. The molecule has 2 N–H and O–H groups in total. The number of likely N-dealkylation sites (tertiary alicyclic amines) is 1. The number of rotatable bonds is 7. The van der Waals surface area contributed by atoms with Crippen molar-refractivity contribution in [3.63, 3.8) is 0 Å². The van der Waals surface area contributed by atoms with Gasteiger partial charge in [0.15, 0.2) is 0 Å². The van der Waals surface area contributed by atoms with Gasteiger partial charge in [0.2, 0.25) is 0 Å². The number of hydrogen-bond donors (Lipinski definition) is 2. The molecular weight excluding hydrogens is 260 g/mol. The van der Waals surface area contributed by atoms with Crippen LogP contribution in [-0.2, 0) is 4.79 Å². The molecule has 1 aliphatic heterocycles. The van der Waals surface area contributed by atoms with E-state index in [1.165, 1.54) is 4.90 Å². The van der Waals surface area contributed by atoms with Gasteiger partial charge in [-0.15, -0.1) is 0 Å². The number of carboxylic acids is 1. The predicted molar refractivity (Wildman–Crippen MR) is 73.4 cm³/mol. The number of aliphatic carboxylic acids is 1. The molecule has 0 radical (unpaired) electrons. The Morgan fingerprint density at radius 3 is 2.60 bits per heavy atom. The first-order valence-corrected chi connectivity index (χ1v) is 7.50. The van der Waals surface area contributed by atoms with Gasteiger partial charge in [0.25, 0.3) is 0 Å². The molecule has 0 aromatic carbocycles. The van der Waals surface area contributed by atoms with E-state index < -0.39 is 5.97 Å². The third-order valence-corrected chi connectivity index (χ3v) is 4.09. The van der Waals surface area contributed by atoms with E-state index in [0.717, 1.165) is 32.1 Å². The lowest BCUT2D eigenvalue weighted by atomic mass is 10.1. The fraction of sp³-hybridized carbons (Fsp3) is 0.857. The molecule has 1 unspecified atom stereocenters. The lowest BCUT2D eigenvalue weighted by Gasteiger charge is -2.31. The number of nitrogens with zero attached hydrogens (tertiary/aromatic N) is 2. The Bertz CT molecular complexity index is 357. The van der Waals surface area contributed by atoms with Gasteiger partial charge < -0.3 is 20.0 Å². The molecule has 1 heterocycles. The number of carbonyl (C=O) groups excluding carboxylic acids is 1. The van der Waals surface area contributed by atoms with E-state index in [1.54, 1.807) is 4.90 Å². The van der Waals surface area contributed by atoms with Crippen LogP contribution in [0.3, 0.4) is 0 Å². The van der Waals surface area contributed by atoms with E-state index in [2.05, 4.69) is 0 Å². The highest BCUT2D eigenvalue weighted by molar-refractivity contribution is 5.80. The second kappa shape index (κ2) is 6.92. The van der Waals surface area contributed by atoms with Crippen LogP contribution in [0.2, 0.25) is 0 Å². The topological polar surface area (TPSA) is 81.1 Å². The van der Waals surface area contributed by atoms with Crippen LogP contribution in [0.4, 0.5) is 4.79 Å². The number of aliphatic hydroxyl groups excluding tert-OH is 1. The maximum absolute atomic E-state index is 12.5. The summed E-state index contributed by atoms with van der Waals surface area (Å²) in [6.07, 6.45) is 5.60. The van der Waals surface area contributed by atoms with Crippen LogP contribution in [0.1, 0.15) is 38.5 Å². The molecule has 2 amide bonds. The first kappa shape index (κ1) is 15.1. The maximum Gasteiger partial charge on any atom is 0.323 e. The number of urea groups is 1. The second-order valence-corrected chi connectivity index (χ2v) is 5.86. The Morgan fingerprint density at radius 2 is 2.00 bits per heavy atom. The summed E-state index contributed by atoms with van der Waals surface area (Å²) in [5.41, 5.74) is 0. The zero-order valence-electron chi connectivity index (χ0n) is 11.8. The zero-order chi connectivity index (χ0) is 14.5. The van der Waals surface area contributed by atoms with Crippen molar-refractivity contribution in [1.29, 1.82) is 0 Å². The van der Waals surface area contributed by atoms with E-state index in [-0.39, 0.29) is 25.2 Å². The Kier molecular flexibility index (Phi) is 5.23. The van der Waals surface area contributed by atoms with Crippen molar-refractivity contribution in [2.24, 2.45) is 5.92 Å². The summed E-state index contributed by atoms with van der Waals surface area (Å²) in [4.78, 5) is 26.8. The minimum absolute atomic E-state index is 0.138. The molecule has 2 fully saturated rings. The minimum Gasteiger partial charge on any atom is -0.480 e. The molecule has 20 heavy (non-hydrogen) atoms. The third-order valence-electron chi connectivity index (χ3n) is 4.09. The molecule has 2 rings (SSSR count). The summed E-state index contributed by atoms with van der Waals surface area (Å²) < 4.78 is 0. The van der Waals surface area contributed by atoms with E-state index >= 15 is 0 Å². The molecule has 1 saturated heterocycles. The Hall–Kier alpha value is -1.30. The monoisotopic (exact) mass is 284 g/mol. The highest BCUT2D eigenvalue weighted by atomic mass is 16.4. The van der Waals surface area contributed by atoms with Gasteiger partial charge in [-0.05, 0) is 44.4 Å². The van der Waals surface area contributed by atoms with E-state index in [4.69, 9.17) is 10.2 Å². The molecule has 1 aliphatic carbocycles. The summed E-state index contributed by atoms with van der Waals surface area (Å²) >= 11 is 0. The SMILES string of the molecule is O=C(O)CN(CC1CC1)C(=O)N1CCCC1CCCO. The predicted octanol–water partition coefficient (Wildman–Crippen LogP) is 1.14. The standard InChI is InChI=1S/C14H24N2O4/c17-8-2-4-12-3-1-7-16(12)14(20)15(10-13(18)19)9-11-5-6-11/h11-12,17H,1-10H2,(H,18,19). The Balaban J connectivity index is 1.95. The molecule has 114 valence electrons. The van der Waals surface area contributed by atoms with Crippen molar-refractivity contribution < 1.29 is 19.8 Å². The van der Waals surface area contributed by atoms with Crippen LogP contribution in [0.25, 0.3) is 0 Å². The second-order valence-electron chi connectivity index (χ2n) is 5.86. The summed E-state index contributed by atoms with van der Waals surface area (Å²) in [5, 5.41) is 17.9. The van der Waals surface area contributed by atoms with Gasteiger partial charge in [0.1, 0.15) is 6.54 Å². The van der Waals surface area contributed by atoms with Gasteiger partial charge >= 0.3 is 12.0 Å². The number of carboxylic acid groups (broad SMARTS) is 1. The van der Waals surface area contributed by atoms with Crippen LogP contribution < -0.4 is 0 Å². The largest absolute Gasteiger partial charge is 0.480 e. The molecule has 0 aromatic heterocycles. The summed E-state index contributed by atoms with van der Waals surface area (Å²) in [6.45, 7) is 1.20. The van der Waals surface area contributed by atoms with Crippen LogP contribution in [0.5, 0.6) is 0 Å². The first-order valence-electron chi connectivity index (χ1n) is 7.50. The summed E-state index contributed by atoms with van der Waals surface area (Å²) in [7, 11) is 0. The van der Waals surface area contributed by atoms with E-state index in [0.29, 0.717) is 25.4 Å². The van der Waals surface area contributed by atoms with Gasteiger partial charge in [-0.25, -0.2) is 4.79 Å². The number of amides is 2. The fourth-order valence-electron chi connectivity index (χ4n) is 2.88. The average molecular weight is 284 g/mol. The molecule has 0 spiro atoms. The highest BCUT2D eigenvalue weighted by Gasteiger charge is 2.34. The number of hydrogen-bond acceptors (Lipinski definition) is 3. The molecule has 0 bridgehead atoms. The summed E-state index contributed by atoms with van der Waals surface area (Å²) in [5.74, 6) is -0.470. The smallest absolute Gasteiger partial charge is 0.323 e. The van der Waals surface area contributed by atoms with Crippen LogP contribution in [0, 0.1) is 5.92 Å². The maximum atomic E-state index is 12.5. The number of carbonyl (C=O) groups is 2. The van der Waals surface area contributed by atoms with Crippen molar-refractivity contribution in [2.75, 3.05) is 26.2 Å². The van der Waals surface area contributed by atoms with Crippen molar-refractivity contribution >= 4 is 12.0 Å². The Morgan fingerprint density at radius 1 is 1.25 bits per heavy atom. The van der Waals surface area contributed by atoms with Crippen LogP contribution >= 0.6 is 0 Å². The van der Waals surface area contributed by atoms with Crippen LogP contribution in [0.15, 0.2) is 0 Å². The highest BCUT2D eigenvalue weighted by Crippen LogP contribution is 2.31. The van der Waals surface area contributed by atoms with Gasteiger partial charge in [0.05, 0.1) is 0 Å². The van der Waals surface area contributed by atoms with Crippen molar-refractivity contribution in [3.05, 3.63) is 0 Å². The van der Waals surface area contributed by atoms with Gasteiger partial charge in [0, 0.05) is 25.7 Å². The quantitative estimate of drug-likeness (QED) is 0.734. The summed E-state index contributed by atoms with van der Waals surface area (Å²) in [6, 6.07) is 0.0184. The Labute approximate surface area is 119 Å². The van der Waals surface area contributed by atoms with Crippen LogP contribution in [-0.4, -0.2) is 64.3 Å². The van der Waals surface area contributed by atoms with Crippen molar-refractivity contribution in [3.8, 4) is 0 Å². The third kappa shape index (κ3) is 4.10. The lowest BCUT2D eigenvalue weighted by Crippen LogP contribution is -2.48.